The van der Waals surface area contributed by atoms with E-state index < -0.39 is 11.9 Å². The molecule has 2 aromatic heterocycles. The second kappa shape index (κ2) is 7.72. The summed E-state index contributed by atoms with van der Waals surface area (Å²) in [7, 11) is 0. The number of hydrogen-bond donors (Lipinski definition) is 2. The summed E-state index contributed by atoms with van der Waals surface area (Å²) in [5.74, 6) is 1.31. The molecule has 2 heterocycles. The van der Waals surface area contributed by atoms with E-state index in [1.165, 1.54) is 12.1 Å². The van der Waals surface area contributed by atoms with Crippen molar-refractivity contribution in [1.29, 1.82) is 0 Å². The highest BCUT2D eigenvalue weighted by Gasteiger charge is 2.45. The molecule has 5 rings (SSSR count). The van der Waals surface area contributed by atoms with Crippen LogP contribution in [-0.2, 0) is 11.7 Å². The topological polar surface area (TPSA) is 75.6 Å². The van der Waals surface area contributed by atoms with Gasteiger partial charge >= 0.3 is 6.18 Å². The van der Waals surface area contributed by atoms with Gasteiger partial charge in [-0.05, 0) is 56.2 Å². The number of alkyl halides is 3. The standard InChI is InChI=1S/C23H23F3N6/c1-14(15-10-11-15)27-20-29-19(17-8-5-9-18(28-17)23(24,25)26)30-21(31-20)32-22(12-13-22)16-6-3-2-4-7-16/h2-9,14-15H,10-13H2,1H3,(H2,27,29,30,31,32)/t14-/m1/s1. The Morgan fingerprint density at radius 2 is 1.62 bits per heavy atom. The molecule has 1 atom stereocenters. The van der Waals surface area contributed by atoms with Crippen LogP contribution in [-0.4, -0.2) is 26.0 Å². The third-order valence-corrected chi connectivity index (χ3v) is 6.02. The summed E-state index contributed by atoms with van der Waals surface area (Å²) in [5.41, 5.74) is -0.0776. The van der Waals surface area contributed by atoms with Gasteiger partial charge in [-0.1, -0.05) is 36.4 Å². The molecule has 0 bridgehead atoms. The summed E-state index contributed by atoms with van der Waals surface area (Å²) in [6.45, 7) is 2.06. The molecule has 2 aliphatic rings. The Balaban J connectivity index is 1.51. The SMILES string of the molecule is C[C@@H](Nc1nc(NC2(c3ccccc3)CC2)nc(-c2cccc(C(F)(F)F)n2)n1)C1CC1. The lowest BCUT2D eigenvalue weighted by Gasteiger charge is -2.20. The lowest BCUT2D eigenvalue weighted by atomic mass is 10.1. The molecular formula is C23H23F3N6. The lowest BCUT2D eigenvalue weighted by molar-refractivity contribution is -0.141. The zero-order valence-electron chi connectivity index (χ0n) is 17.5. The van der Waals surface area contributed by atoms with Crippen molar-refractivity contribution >= 4 is 11.9 Å². The maximum Gasteiger partial charge on any atom is 0.433 e. The number of nitrogens with one attached hydrogen (secondary N) is 2. The molecule has 9 heteroatoms. The molecule has 6 nitrogen and oxygen atoms in total. The molecule has 1 aromatic carbocycles. The molecule has 166 valence electrons. The fourth-order valence-corrected chi connectivity index (χ4v) is 3.83. The van der Waals surface area contributed by atoms with Gasteiger partial charge < -0.3 is 10.6 Å². The molecule has 3 aromatic rings. The molecule has 0 aliphatic heterocycles. The van der Waals surface area contributed by atoms with Gasteiger partial charge in [0.15, 0.2) is 5.82 Å². The number of anilines is 2. The summed E-state index contributed by atoms with van der Waals surface area (Å²) in [5, 5.41) is 6.70. The molecule has 2 aliphatic carbocycles. The van der Waals surface area contributed by atoms with Crippen LogP contribution in [0.25, 0.3) is 11.5 Å². The van der Waals surface area contributed by atoms with Gasteiger partial charge in [-0.3, -0.25) is 0 Å². The zero-order chi connectivity index (χ0) is 22.3. The first-order valence-corrected chi connectivity index (χ1v) is 10.7. The lowest BCUT2D eigenvalue weighted by Crippen LogP contribution is -2.23. The first-order chi connectivity index (χ1) is 15.3. The van der Waals surface area contributed by atoms with Crippen molar-refractivity contribution in [3.8, 4) is 11.5 Å². The molecule has 2 saturated carbocycles. The highest BCUT2D eigenvalue weighted by Crippen LogP contribution is 2.47. The van der Waals surface area contributed by atoms with Crippen molar-refractivity contribution in [3.05, 3.63) is 59.8 Å². The van der Waals surface area contributed by atoms with Crippen molar-refractivity contribution in [2.24, 2.45) is 5.92 Å². The Kier molecular flexibility index (Phi) is 4.98. The third kappa shape index (κ3) is 4.37. The molecule has 0 spiro atoms. The van der Waals surface area contributed by atoms with Crippen LogP contribution in [0.2, 0.25) is 0 Å². The highest BCUT2D eigenvalue weighted by molar-refractivity contribution is 5.55. The predicted octanol–water partition coefficient (Wildman–Crippen LogP) is 5.26. The maximum absolute atomic E-state index is 13.2. The van der Waals surface area contributed by atoms with Gasteiger partial charge in [-0.25, -0.2) is 4.98 Å². The molecule has 2 fully saturated rings. The van der Waals surface area contributed by atoms with E-state index in [0.717, 1.165) is 37.3 Å². The van der Waals surface area contributed by atoms with Crippen LogP contribution in [0.1, 0.15) is 43.9 Å². The number of rotatable bonds is 7. The summed E-state index contributed by atoms with van der Waals surface area (Å²) in [6.07, 6.45) is -0.424. The van der Waals surface area contributed by atoms with Gasteiger partial charge in [0.2, 0.25) is 11.9 Å². The fourth-order valence-electron chi connectivity index (χ4n) is 3.83. The highest BCUT2D eigenvalue weighted by atomic mass is 19.4. The summed E-state index contributed by atoms with van der Waals surface area (Å²) >= 11 is 0. The van der Waals surface area contributed by atoms with Crippen molar-refractivity contribution in [2.45, 2.75) is 50.4 Å². The van der Waals surface area contributed by atoms with E-state index in [-0.39, 0.29) is 23.1 Å². The van der Waals surface area contributed by atoms with E-state index in [9.17, 15) is 13.2 Å². The number of halogens is 3. The molecular weight excluding hydrogens is 417 g/mol. The Morgan fingerprint density at radius 1 is 0.906 bits per heavy atom. The Hall–Kier alpha value is -3.23. The van der Waals surface area contributed by atoms with Gasteiger partial charge in [0.25, 0.3) is 0 Å². The van der Waals surface area contributed by atoms with Crippen molar-refractivity contribution in [3.63, 3.8) is 0 Å². The second-order valence-corrected chi connectivity index (χ2v) is 8.56. The minimum absolute atomic E-state index is 0.0527. The van der Waals surface area contributed by atoms with Crippen molar-refractivity contribution in [1.82, 2.24) is 19.9 Å². The molecule has 0 radical (unpaired) electrons. The first-order valence-electron chi connectivity index (χ1n) is 10.7. The Labute approximate surface area is 183 Å². The average molecular weight is 440 g/mol. The average Bonchev–Trinajstić information content (AvgIpc) is 3.69. The van der Waals surface area contributed by atoms with Crippen LogP contribution >= 0.6 is 0 Å². The molecule has 2 N–H and O–H groups in total. The summed E-state index contributed by atoms with van der Waals surface area (Å²) in [6, 6.07) is 13.9. The number of benzene rings is 1. The van der Waals surface area contributed by atoms with E-state index in [1.54, 1.807) is 0 Å². The molecule has 0 amide bonds. The molecule has 32 heavy (non-hydrogen) atoms. The van der Waals surface area contributed by atoms with E-state index in [0.29, 0.717) is 17.8 Å². The number of aromatic nitrogens is 4. The smallest absolute Gasteiger partial charge is 0.351 e. The van der Waals surface area contributed by atoms with Gasteiger partial charge in [0.1, 0.15) is 11.4 Å². The number of nitrogens with zero attached hydrogens (tertiary/aromatic N) is 4. The van der Waals surface area contributed by atoms with E-state index in [4.69, 9.17) is 0 Å². The molecule has 0 saturated heterocycles. The maximum atomic E-state index is 13.2. The van der Waals surface area contributed by atoms with Crippen LogP contribution in [0, 0.1) is 5.92 Å². The minimum Gasteiger partial charge on any atom is -0.351 e. The monoisotopic (exact) mass is 440 g/mol. The summed E-state index contributed by atoms with van der Waals surface area (Å²) < 4.78 is 39.6. The van der Waals surface area contributed by atoms with Crippen LogP contribution < -0.4 is 10.6 Å². The molecule has 0 unspecified atom stereocenters. The van der Waals surface area contributed by atoms with E-state index in [1.807, 2.05) is 30.3 Å². The van der Waals surface area contributed by atoms with Crippen LogP contribution in [0.3, 0.4) is 0 Å². The van der Waals surface area contributed by atoms with Crippen LogP contribution in [0.15, 0.2) is 48.5 Å². The Morgan fingerprint density at radius 3 is 2.28 bits per heavy atom. The number of pyridine rings is 1. The Bertz CT molecular complexity index is 1110. The van der Waals surface area contributed by atoms with Gasteiger partial charge in [-0.2, -0.15) is 28.1 Å². The van der Waals surface area contributed by atoms with Gasteiger partial charge in [-0.15, -0.1) is 0 Å². The fraction of sp³-hybridized carbons (Fsp3) is 0.391. The van der Waals surface area contributed by atoms with Crippen LogP contribution in [0.5, 0.6) is 0 Å². The largest absolute Gasteiger partial charge is 0.433 e. The van der Waals surface area contributed by atoms with E-state index >= 15 is 0 Å². The predicted molar refractivity (Wildman–Crippen MR) is 115 cm³/mol. The second-order valence-electron chi connectivity index (χ2n) is 8.56. The van der Waals surface area contributed by atoms with Gasteiger partial charge in [0.05, 0.1) is 5.54 Å². The first kappa shape index (κ1) is 20.7. The van der Waals surface area contributed by atoms with Crippen molar-refractivity contribution < 1.29 is 13.2 Å². The van der Waals surface area contributed by atoms with E-state index in [2.05, 4.69) is 37.5 Å². The summed E-state index contributed by atoms with van der Waals surface area (Å²) in [4.78, 5) is 17.1. The minimum atomic E-state index is -4.54. The van der Waals surface area contributed by atoms with Gasteiger partial charge in [0, 0.05) is 6.04 Å². The zero-order valence-corrected chi connectivity index (χ0v) is 17.5. The van der Waals surface area contributed by atoms with Crippen LogP contribution in [0.4, 0.5) is 25.1 Å². The van der Waals surface area contributed by atoms with Crippen molar-refractivity contribution in [2.75, 3.05) is 10.6 Å². The third-order valence-electron chi connectivity index (χ3n) is 6.02. The number of hydrogen-bond acceptors (Lipinski definition) is 6. The quantitative estimate of drug-likeness (QED) is 0.522. The normalized spacial score (nSPS) is 18.1.